The van der Waals surface area contributed by atoms with Crippen molar-refractivity contribution in [3.05, 3.63) is 51.0 Å². The summed E-state index contributed by atoms with van der Waals surface area (Å²) in [5.74, 6) is 1.45. The molecule has 0 bridgehead atoms. The standard InChI is InChI=1S/C15H10BrClN2O2/c16-11-3-10(5-14-15(11)21-8-20-14)7-19-13-4-9(6-18)1-2-12(13)17/h1-5,19H,7-8H2. The molecule has 1 heterocycles. The zero-order chi connectivity index (χ0) is 14.8. The number of fused-ring (bicyclic) bond motifs is 1. The Balaban J connectivity index is 1.80. The Morgan fingerprint density at radius 2 is 2.14 bits per heavy atom. The number of rotatable bonds is 3. The molecule has 1 N–H and O–H groups in total. The van der Waals surface area contributed by atoms with Crippen LogP contribution in [0.5, 0.6) is 11.5 Å². The summed E-state index contributed by atoms with van der Waals surface area (Å²) in [5.41, 5.74) is 2.31. The minimum atomic E-state index is 0.237. The molecule has 0 fully saturated rings. The molecule has 2 aromatic carbocycles. The van der Waals surface area contributed by atoms with Crippen LogP contribution in [0.1, 0.15) is 11.1 Å². The molecule has 0 spiro atoms. The van der Waals surface area contributed by atoms with Crippen molar-refractivity contribution in [3.63, 3.8) is 0 Å². The molecule has 6 heteroatoms. The first-order valence-electron chi connectivity index (χ1n) is 6.19. The summed E-state index contributed by atoms with van der Waals surface area (Å²) in [7, 11) is 0. The van der Waals surface area contributed by atoms with Gasteiger partial charge >= 0.3 is 0 Å². The van der Waals surface area contributed by atoms with Gasteiger partial charge in [-0.3, -0.25) is 0 Å². The number of benzene rings is 2. The highest BCUT2D eigenvalue weighted by Gasteiger charge is 2.17. The van der Waals surface area contributed by atoms with Crippen molar-refractivity contribution in [1.29, 1.82) is 5.26 Å². The van der Waals surface area contributed by atoms with Crippen LogP contribution in [0.4, 0.5) is 5.69 Å². The van der Waals surface area contributed by atoms with Crippen molar-refractivity contribution in [2.75, 3.05) is 12.1 Å². The summed E-state index contributed by atoms with van der Waals surface area (Å²) in [4.78, 5) is 0. The van der Waals surface area contributed by atoms with Crippen molar-refractivity contribution in [3.8, 4) is 17.6 Å². The molecule has 106 valence electrons. The van der Waals surface area contributed by atoms with Crippen LogP contribution in [0.2, 0.25) is 5.02 Å². The van der Waals surface area contributed by atoms with Crippen LogP contribution in [0.3, 0.4) is 0 Å². The van der Waals surface area contributed by atoms with Crippen LogP contribution in [-0.2, 0) is 6.54 Å². The highest BCUT2D eigenvalue weighted by Crippen LogP contribution is 2.40. The molecule has 1 aliphatic rings. The van der Waals surface area contributed by atoms with Gasteiger partial charge in [-0.25, -0.2) is 0 Å². The Morgan fingerprint density at radius 1 is 1.29 bits per heavy atom. The van der Waals surface area contributed by atoms with Gasteiger partial charge in [-0.1, -0.05) is 11.6 Å². The minimum Gasteiger partial charge on any atom is -0.454 e. The fraction of sp³-hybridized carbons (Fsp3) is 0.133. The highest BCUT2D eigenvalue weighted by atomic mass is 79.9. The topological polar surface area (TPSA) is 54.3 Å². The third-order valence-electron chi connectivity index (χ3n) is 3.07. The smallest absolute Gasteiger partial charge is 0.231 e. The molecular formula is C15H10BrClN2O2. The molecule has 0 amide bonds. The van der Waals surface area contributed by atoms with E-state index >= 15 is 0 Å². The third kappa shape index (κ3) is 2.92. The van der Waals surface area contributed by atoms with Gasteiger partial charge in [-0.05, 0) is 51.8 Å². The van der Waals surface area contributed by atoms with Gasteiger partial charge in [0.05, 0.1) is 26.8 Å². The van der Waals surface area contributed by atoms with Gasteiger partial charge in [0, 0.05) is 6.54 Å². The van der Waals surface area contributed by atoms with E-state index in [0.29, 0.717) is 17.1 Å². The zero-order valence-corrected chi connectivity index (χ0v) is 13.2. The molecule has 0 aromatic heterocycles. The largest absolute Gasteiger partial charge is 0.454 e. The van der Waals surface area contributed by atoms with E-state index in [-0.39, 0.29) is 6.79 Å². The maximum absolute atomic E-state index is 8.92. The summed E-state index contributed by atoms with van der Waals surface area (Å²) in [5, 5.41) is 12.7. The molecule has 2 aromatic rings. The van der Waals surface area contributed by atoms with Crippen LogP contribution >= 0.6 is 27.5 Å². The Hall–Kier alpha value is -1.90. The number of nitriles is 1. The van der Waals surface area contributed by atoms with Gasteiger partial charge in [0.15, 0.2) is 11.5 Å². The maximum atomic E-state index is 8.92. The number of nitrogens with zero attached hydrogens (tertiary/aromatic N) is 1. The predicted octanol–water partition coefficient (Wildman–Crippen LogP) is 4.31. The molecule has 21 heavy (non-hydrogen) atoms. The second kappa shape index (κ2) is 5.84. The molecule has 4 nitrogen and oxygen atoms in total. The Kier molecular flexibility index (Phi) is 3.91. The lowest BCUT2D eigenvalue weighted by molar-refractivity contribution is 0.173. The minimum absolute atomic E-state index is 0.237. The second-order valence-electron chi connectivity index (χ2n) is 4.47. The molecule has 0 radical (unpaired) electrons. The SMILES string of the molecule is N#Cc1ccc(Cl)c(NCc2cc(Br)c3c(c2)OCO3)c1. The Labute approximate surface area is 135 Å². The maximum Gasteiger partial charge on any atom is 0.231 e. The molecule has 0 saturated carbocycles. The van der Waals surface area contributed by atoms with Crippen LogP contribution in [-0.4, -0.2) is 6.79 Å². The molecule has 0 saturated heterocycles. The van der Waals surface area contributed by atoms with Gasteiger partial charge in [-0.15, -0.1) is 0 Å². The van der Waals surface area contributed by atoms with E-state index in [1.54, 1.807) is 18.2 Å². The van der Waals surface area contributed by atoms with Crippen LogP contribution in [0.25, 0.3) is 0 Å². The number of nitrogens with one attached hydrogen (secondary N) is 1. The quantitative estimate of drug-likeness (QED) is 0.880. The molecule has 0 unspecified atom stereocenters. The van der Waals surface area contributed by atoms with E-state index in [1.165, 1.54) is 0 Å². The van der Waals surface area contributed by atoms with Crippen LogP contribution in [0, 0.1) is 11.3 Å². The molecule has 0 atom stereocenters. The zero-order valence-electron chi connectivity index (χ0n) is 10.8. The first kappa shape index (κ1) is 14.1. The first-order chi connectivity index (χ1) is 10.2. The van der Waals surface area contributed by atoms with Gasteiger partial charge < -0.3 is 14.8 Å². The Bertz CT molecular complexity index is 743. The Morgan fingerprint density at radius 3 is 2.95 bits per heavy atom. The van der Waals surface area contributed by atoms with E-state index < -0.39 is 0 Å². The van der Waals surface area contributed by atoms with Gasteiger partial charge in [-0.2, -0.15) is 5.26 Å². The number of halogens is 2. The molecule has 3 rings (SSSR count). The van der Waals surface area contributed by atoms with E-state index in [2.05, 4.69) is 27.3 Å². The fourth-order valence-corrected chi connectivity index (χ4v) is 2.84. The molecule has 1 aliphatic heterocycles. The van der Waals surface area contributed by atoms with Crippen molar-refractivity contribution in [2.45, 2.75) is 6.54 Å². The third-order valence-corrected chi connectivity index (χ3v) is 3.98. The fourth-order valence-electron chi connectivity index (χ4n) is 2.05. The lowest BCUT2D eigenvalue weighted by atomic mass is 10.2. The number of anilines is 1. The second-order valence-corrected chi connectivity index (χ2v) is 5.73. The average molecular weight is 366 g/mol. The number of hydrogen-bond donors (Lipinski definition) is 1. The summed E-state index contributed by atoms with van der Waals surface area (Å²) in [6.45, 7) is 0.796. The van der Waals surface area contributed by atoms with Crippen molar-refractivity contribution in [1.82, 2.24) is 0 Å². The summed E-state index contributed by atoms with van der Waals surface area (Å²) >= 11 is 9.58. The highest BCUT2D eigenvalue weighted by molar-refractivity contribution is 9.10. The normalized spacial score (nSPS) is 12.0. The molecular weight excluding hydrogens is 356 g/mol. The average Bonchev–Trinajstić information content (AvgIpc) is 2.95. The van der Waals surface area contributed by atoms with Gasteiger partial charge in [0.1, 0.15) is 0 Å². The van der Waals surface area contributed by atoms with Gasteiger partial charge in [0.2, 0.25) is 6.79 Å². The number of ether oxygens (including phenoxy) is 2. The predicted molar refractivity (Wildman–Crippen MR) is 83.8 cm³/mol. The van der Waals surface area contributed by atoms with E-state index in [1.807, 2.05) is 12.1 Å². The summed E-state index contributed by atoms with van der Waals surface area (Å²) in [6, 6.07) is 11.1. The first-order valence-corrected chi connectivity index (χ1v) is 7.36. The summed E-state index contributed by atoms with van der Waals surface area (Å²) in [6.07, 6.45) is 0. The lowest BCUT2D eigenvalue weighted by Gasteiger charge is -2.10. The van der Waals surface area contributed by atoms with E-state index in [9.17, 15) is 0 Å². The monoisotopic (exact) mass is 364 g/mol. The lowest BCUT2D eigenvalue weighted by Crippen LogP contribution is -2.00. The van der Waals surface area contributed by atoms with Crippen LogP contribution in [0.15, 0.2) is 34.8 Å². The van der Waals surface area contributed by atoms with E-state index in [0.717, 1.165) is 27.2 Å². The van der Waals surface area contributed by atoms with Crippen molar-refractivity contribution >= 4 is 33.2 Å². The van der Waals surface area contributed by atoms with E-state index in [4.69, 9.17) is 26.3 Å². The van der Waals surface area contributed by atoms with Crippen molar-refractivity contribution < 1.29 is 9.47 Å². The number of hydrogen-bond acceptors (Lipinski definition) is 4. The van der Waals surface area contributed by atoms with Crippen LogP contribution < -0.4 is 14.8 Å². The molecule has 0 aliphatic carbocycles. The summed E-state index contributed by atoms with van der Waals surface area (Å²) < 4.78 is 11.6. The van der Waals surface area contributed by atoms with Gasteiger partial charge in [0.25, 0.3) is 0 Å². The van der Waals surface area contributed by atoms with Crippen molar-refractivity contribution in [2.24, 2.45) is 0 Å².